The minimum Gasteiger partial charge on any atom is -0.481 e. The van der Waals surface area contributed by atoms with E-state index in [-0.39, 0.29) is 30.5 Å². The van der Waals surface area contributed by atoms with Gasteiger partial charge < -0.3 is 14.2 Å². The maximum Gasteiger partial charge on any atom is 0.270 e. The summed E-state index contributed by atoms with van der Waals surface area (Å²) in [7, 11) is -3.92. The molecule has 1 aliphatic heterocycles. The quantitative estimate of drug-likeness (QED) is 0.444. The fourth-order valence-corrected chi connectivity index (χ4v) is 3.59. The van der Waals surface area contributed by atoms with Gasteiger partial charge in [0.05, 0.1) is 16.4 Å². The fourth-order valence-electron chi connectivity index (χ4n) is 2.40. The maximum atomic E-state index is 12.3. The van der Waals surface area contributed by atoms with Crippen molar-refractivity contribution < 1.29 is 27.6 Å². The van der Waals surface area contributed by atoms with Gasteiger partial charge in [-0.1, -0.05) is 17.9 Å². The Kier molecular flexibility index (Phi) is 5.67. The molecule has 0 aliphatic carbocycles. The van der Waals surface area contributed by atoms with Crippen LogP contribution in [0.5, 0.6) is 17.2 Å². The van der Waals surface area contributed by atoms with Crippen LogP contribution in [0.2, 0.25) is 0 Å². The number of ether oxygens (including phenoxy) is 3. The fraction of sp³-hybridized carbons (Fsp3) is 0.222. The zero-order valence-corrected chi connectivity index (χ0v) is 15.6. The van der Waals surface area contributed by atoms with E-state index in [1.54, 1.807) is 25.1 Å². The summed E-state index contributed by atoms with van der Waals surface area (Å²) in [5.74, 6) is 7.10. The van der Waals surface area contributed by atoms with Crippen LogP contribution in [0.25, 0.3) is 0 Å². The number of hydrogen-bond acceptors (Lipinski definition) is 7. The maximum absolute atomic E-state index is 12.3. The molecule has 1 heterocycles. The molecule has 1 aliphatic rings. The number of sulfonamides is 1. The van der Waals surface area contributed by atoms with Crippen molar-refractivity contribution >= 4 is 15.7 Å². The third-order valence-electron chi connectivity index (χ3n) is 3.80. The Bertz CT molecular complexity index is 1070. The lowest BCUT2D eigenvalue weighted by atomic mass is 10.2. The van der Waals surface area contributed by atoms with E-state index in [4.69, 9.17) is 14.2 Å². The molecule has 0 bridgehead atoms. The number of hydrogen-bond donors (Lipinski definition) is 1. The van der Waals surface area contributed by atoms with Gasteiger partial charge in [-0.3, -0.25) is 10.1 Å². The highest BCUT2D eigenvalue weighted by atomic mass is 32.2. The normalized spacial score (nSPS) is 12.2. The summed E-state index contributed by atoms with van der Waals surface area (Å²) in [5, 5.41) is 10.8. The van der Waals surface area contributed by atoms with Crippen molar-refractivity contribution in [1.29, 1.82) is 0 Å². The van der Waals surface area contributed by atoms with Crippen LogP contribution in [0.4, 0.5) is 5.69 Å². The van der Waals surface area contributed by atoms with Crippen LogP contribution < -0.4 is 18.9 Å². The van der Waals surface area contributed by atoms with Crippen molar-refractivity contribution in [3.8, 4) is 29.1 Å². The molecule has 0 amide bonds. The summed E-state index contributed by atoms with van der Waals surface area (Å²) in [6, 6.07) is 8.77. The summed E-state index contributed by atoms with van der Waals surface area (Å²) in [6.07, 6.45) is 0. The van der Waals surface area contributed by atoms with Crippen LogP contribution in [0.1, 0.15) is 5.56 Å². The first kappa shape index (κ1) is 19.5. The second-order valence-electron chi connectivity index (χ2n) is 5.69. The van der Waals surface area contributed by atoms with Crippen LogP contribution in [-0.4, -0.2) is 33.3 Å². The van der Waals surface area contributed by atoms with E-state index < -0.39 is 14.9 Å². The number of benzene rings is 2. The van der Waals surface area contributed by atoms with Gasteiger partial charge in [-0.15, -0.1) is 0 Å². The van der Waals surface area contributed by atoms with E-state index in [1.807, 2.05) is 0 Å². The van der Waals surface area contributed by atoms with Gasteiger partial charge in [0.25, 0.3) is 5.69 Å². The zero-order chi connectivity index (χ0) is 20.1. The largest absolute Gasteiger partial charge is 0.481 e. The summed E-state index contributed by atoms with van der Waals surface area (Å²) < 4.78 is 42.8. The van der Waals surface area contributed by atoms with E-state index in [0.29, 0.717) is 22.8 Å². The number of fused-ring (bicyclic) bond motifs is 1. The Labute approximate surface area is 161 Å². The second-order valence-corrected chi connectivity index (χ2v) is 7.42. The number of nitro groups is 1. The Morgan fingerprint density at radius 2 is 1.96 bits per heavy atom. The zero-order valence-electron chi connectivity index (χ0n) is 14.8. The molecule has 2 aromatic rings. The Hall–Kier alpha value is -3.29. The molecule has 0 atom stereocenters. The molecule has 0 saturated carbocycles. The molecule has 10 heteroatoms. The molecule has 0 spiro atoms. The number of nitrogens with zero attached hydrogens (tertiary/aromatic N) is 1. The van der Waals surface area contributed by atoms with Gasteiger partial charge in [-0.2, -0.15) is 4.72 Å². The first-order valence-corrected chi connectivity index (χ1v) is 9.58. The minimum atomic E-state index is -3.92. The molecule has 28 heavy (non-hydrogen) atoms. The van der Waals surface area contributed by atoms with Crippen molar-refractivity contribution in [3.05, 3.63) is 52.1 Å². The number of nitrogens with one attached hydrogen (secondary N) is 1. The van der Waals surface area contributed by atoms with Crippen molar-refractivity contribution in [2.45, 2.75) is 11.8 Å². The topological polar surface area (TPSA) is 117 Å². The highest BCUT2D eigenvalue weighted by Gasteiger charge is 2.19. The molecule has 0 aromatic heterocycles. The SMILES string of the molecule is Cc1ccc([N+](=O)[O-])cc1S(=O)(=O)NCC#CCOc1ccc2c(c1)OCO2. The molecule has 9 nitrogen and oxygen atoms in total. The first-order valence-electron chi connectivity index (χ1n) is 8.10. The van der Waals surface area contributed by atoms with Crippen LogP contribution in [0.3, 0.4) is 0 Å². The molecule has 1 N–H and O–H groups in total. The van der Waals surface area contributed by atoms with Gasteiger partial charge in [0.1, 0.15) is 12.4 Å². The van der Waals surface area contributed by atoms with Crippen LogP contribution in [-0.2, 0) is 10.0 Å². The first-order chi connectivity index (χ1) is 13.4. The van der Waals surface area contributed by atoms with Crippen molar-refractivity contribution in [2.24, 2.45) is 0 Å². The number of nitro benzene ring substituents is 1. The molecule has 2 aromatic carbocycles. The summed E-state index contributed by atoms with van der Waals surface area (Å²) in [5.41, 5.74) is 0.103. The molecular weight excluding hydrogens is 388 g/mol. The summed E-state index contributed by atoms with van der Waals surface area (Å²) in [6.45, 7) is 1.62. The predicted octanol–water partition coefficient (Wildman–Crippen LogP) is 1.99. The molecule has 0 saturated heterocycles. The minimum absolute atomic E-state index is 0.0528. The Balaban J connectivity index is 1.55. The van der Waals surface area contributed by atoms with Gasteiger partial charge in [0.15, 0.2) is 11.5 Å². The highest BCUT2D eigenvalue weighted by molar-refractivity contribution is 7.89. The van der Waals surface area contributed by atoms with E-state index in [9.17, 15) is 18.5 Å². The molecule has 3 rings (SSSR count). The van der Waals surface area contributed by atoms with E-state index in [0.717, 1.165) is 6.07 Å². The lowest BCUT2D eigenvalue weighted by Crippen LogP contribution is -2.25. The lowest BCUT2D eigenvalue weighted by molar-refractivity contribution is -0.385. The van der Waals surface area contributed by atoms with Gasteiger partial charge in [0, 0.05) is 18.2 Å². The van der Waals surface area contributed by atoms with Crippen LogP contribution >= 0.6 is 0 Å². The lowest BCUT2D eigenvalue weighted by Gasteiger charge is -2.07. The van der Waals surface area contributed by atoms with E-state index in [2.05, 4.69) is 16.6 Å². The average molecular weight is 404 g/mol. The summed E-state index contributed by atoms with van der Waals surface area (Å²) in [4.78, 5) is 10.0. The standard InChI is InChI=1S/C18H16N2O7S/c1-13-4-5-14(20(21)22)10-18(13)28(23,24)19-8-2-3-9-25-15-6-7-16-17(11-15)27-12-26-16/h4-7,10-11,19H,8-9,12H2,1H3. The predicted molar refractivity (Wildman–Crippen MR) is 98.9 cm³/mol. The second kappa shape index (κ2) is 8.16. The summed E-state index contributed by atoms with van der Waals surface area (Å²) >= 11 is 0. The number of non-ortho nitro benzene ring substituents is 1. The smallest absolute Gasteiger partial charge is 0.270 e. The molecular formula is C18H16N2O7S. The van der Waals surface area contributed by atoms with Gasteiger partial charge in [-0.05, 0) is 24.6 Å². The van der Waals surface area contributed by atoms with Crippen LogP contribution in [0.15, 0.2) is 41.3 Å². The highest BCUT2D eigenvalue weighted by Crippen LogP contribution is 2.34. The van der Waals surface area contributed by atoms with Crippen LogP contribution in [0, 0.1) is 28.9 Å². The Morgan fingerprint density at radius 1 is 1.18 bits per heavy atom. The number of rotatable bonds is 6. The van der Waals surface area contributed by atoms with Crippen molar-refractivity contribution in [1.82, 2.24) is 4.72 Å². The van der Waals surface area contributed by atoms with E-state index in [1.165, 1.54) is 12.1 Å². The van der Waals surface area contributed by atoms with Crippen molar-refractivity contribution in [2.75, 3.05) is 19.9 Å². The van der Waals surface area contributed by atoms with Gasteiger partial charge in [0.2, 0.25) is 16.8 Å². The molecule has 0 fully saturated rings. The van der Waals surface area contributed by atoms with Gasteiger partial charge >= 0.3 is 0 Å². The average Bonchev–Trinajstić information content (AvgIpc) is 3.12. The number of aryl methyl sites for hydroxylation is 1. The molecule has 0 unspecified atom stereocenters. The van der Waals surface area contributed by atoms with Crippen molar-refractivity contribution in [3.63, 3.8) is 0 Å². The van der Waals surface area contributed by atoms with E-state index >= 15 is 0 Å². The van der Waals surface area contributed by atoms with Gasteiger partial charge in [-0.25, -0.2) is 8.42 Å². The third kappa shape index (κ3) is 4.51. The third-order valence-corrected chi connectivity index (χ3v) is 5.35. The monoisotopic (exact) mass is 404 g/mol. The molecule has 0 radical (unpaired) electrons. The molecule has 146 valence electrons. The Morgan fingerprint density at radius 3 is 2.75 bits per heavy atom.